The van der Waals surface area contributed by atoms with Crippen LogP contribution in [0.2, 0.25) is 0 Å². The summed E-state index contributed by atoms with van der Waals surface area (Å²) < 4.78 is 12.3. The third-order valence-corrected chi connectivity index (χ3v) is 5.34. The number of unbranched alkanes of at least 4 members (excludes halogenated alkanes) is 2. The maximum absolute atomic E-state index is 12.6. The molecule has 0 saturated heterocycles. The Hall–Kier alpha value is -2.07. The van der Waals surface area contributed by atoms with Crippen LogP contribution in [0.1, 0.15) is 69.3 Å². The molecule has 5 heteroatoms. The molecule has 0 heterocycles. The number of phenols is 1. The quantitative estimate of drug-likeness (QED) is 0.354. The van der Waals surface area contributed by atoms with Crippen LogP contribution in [0.5, 0.6) is 5.75 Å². The van der Waals surface area contributed by atoms with Crippen molar-refractivity contribution in [1.82, 2.24) is 4.90 Å². The number of nitrogens with zero attached hydrogens (tertiary/aromatic N) is 1. The number of alkyl halides is 1. The van der Waals surface area contributed by atoms with Crippen LogP contribution < -0.4 is 0 Å². The maximum Gasteiger partial charge on any atom is 0.254 e. The summed E-state index contributed by atoms with van der Waals surface area (Å²) in [5.41, 5.74) is 2.75. The number of aryl methyl sites for hydroxylation is 1. The van der Waals surface area contributed by atoms with Gasteiger partial charge in [0.05, 0.1) is 0 Å². The molecule has 0 aliphatic heterocycles. The van der Waals surface area contributed by atoms with Crippen LogP contribution in [-0.4, -0.2) is 34.4 Å². The topological polar surface area (TPSA) is 40.5 Å². The summed E-state index contributed by atoms with van der Waals surface area (Å²) in [5, 5.41) is 9.85. The van der Waals surface area contributed by atoms with E-state index in [1.165, 1.54) is 23.8 Å². The van der Waals surface area contributed by atoms with Crippen molar-refractivity contribution in [3.05, 3.63) is 65.0 Å². The summed E-state index contributed by atoms with van der Waals surface area (Å²) in [6.45, 7) is 8.61. The molecule has 1 aliphatic rings. The number of benzene rings is 1. The second-order valence-electron chi connectivity index (χ2n) is 7.61. The van der Waals surface area contributed by atoms with E-state index < -0.39 is 0 Å². The van der Waals surface area contributed by atoms with E-state index in [9.17, 15) is 14.3 Å². The highest BCUT2D eigenvalue weighted by molar-refractivity contribution is 6.18. The fourth-order valence-electron chi connectivity index (χ4n) is 3.13. The van der Waals surface area contributed by atoms with Crippen LogP contribution in [0.4, 0.5) is 4.39 Å². The number of aromatic hydroxyl groups is 1. The normalized spacial score (nSPS) is 14.1. The molecule has 2 rings (SSSR count). The molecular weight excluding hydrogens is 401 g/mol. The Kier molecular flexibility index (Phi) is 12.1. The highest BCUT2D eigenvalue weighted by Gasteiger charge is 2.20. The number of hydrogen-bond acceptors (Lipinski definition) is 2. The first-order chi connectivity index (χ1) is 14.3. The van der Waals surface area contributed by atoms with Crippen LogP contribution in [0.3, 0.4) is 0 Å². The molecule has 0 bridgehead atoms. The lowest BCUT2D eigenvalue weighted by molar-refractivity contribution is 0.0718. The highest BCUT2D eigenvalue weighted by atomic mass is 35.5. The van der Waals surface area contributed by atoms with E-state index in [1.54, 1.807) is 17.0 Å². The van der Waals surface area contributed by atoms with Gasteiger partial charge in [0.25, 0.3) is 5.91 Å². The van der Waals surface area contributed by atoms with Crippen molar-refractivity contribution in [2.75, 3.05) is 12.4 Å². The summed E-state index contributed by atoms with van der Waals surface area (Å²) in [5.74, 6) is 0.328. The monoisotopic (exact) mass is 435 g/mol. The number of allylic oxidation sites excluding steroid dienone is 6. The smallest absolute Gasteiger partial charge is 0.254 e. The first kappa shape index (κ1) is 26.0. The van der Waals surface area contributed by atoms with Crippen molar-refractivity contribution in [2.24, 2.45) is 0 Å². The van der Waals surface area contributed by atoms with Gasteiger partial charge in [0.1, 0.15) is 11.6 Å². The molecular formula is C25H35ClFNO2. The van der Waals surface area contributed by atoms with Crippen LogP contribution in [0.15, 0.2) is 53.9 Å². The molecule has 1 aliphatic carbocycles. The lowest BCUT2D eigenvalue weighted by atomic mass is 10.0. The average Bonchev–Trinajstić information content (AvgIpc) is 2.91. The Balaban J connectivity index is 0.000000414. The molecule has 1 atom stereocenters. The first-order valence-corrected chi connectivity index (χ1v) is 11.2. The second kappa shape index (κ2) is 14.0. The molecule has 1 amide bonds. The van der Waals surface area contributed by atoms with Crippen LogP contribution in [0, 0.1) is 0 Å². The zero-order valence-corrected chi connectivity index (χ0v) is 19.4. The third kappa shape index (κ3) is 9.17. The number of hydrogen-bond donors (Lipinski definition) is 1. The third-order valence-electron chi connectivity index (χ3n) is 4.89. The van der Waals surface area contributed by atoms with E-state index in [1.807, 2.05) is 32.9 Å². The first-order valence-electron chi connectivity index (χ1n) is 10.7. The Morgan fingerprint density at radius 2 is 1.97 bits per heavy atom. The van der Waals surface area contributed by atoms with Crippen molar-refractivity contribution >= 4 is 17.5 Å². The molecule has 30 heavy (non-hydrogen) atoms. The van der Waals surface area contributed by atoms with Crippen molar-refractivity contribution in [2.45, 2.75) is 65.8 Å². The Morgan fingerprint density at radius 1 is 1.23 bits per heavy atom. The number of phenolic OH excluding ortho intramolecular Hbond substituents is 1. The lowest BCUT2D eigenvalue weighted by Gasteiger charge is -2.26. The molecule has 3 nitrogen and oxygen atoms in total. The van der Waals surface area contributed by atoms with Crippen molar-refractivity contribution < 1.29 is 14.3 Å². The van der Waals surface area contributed by atoms with E-state index in [2.05, 4.69) is 6.92 Å². The van der Waals surface area contributed by atoms with E-state index in [-0.39, 0.29) is 23.5 Å². The summed E-state index contributed by atoms with van der Waals surface area (Å²) in [4.78, 5) is 14.3. The largest absolute Gasteiger partial charge is 0.508 e. The minimum atomic E-state index is -0.160. The molecule has 0 saturated carbocycles. The summed E-state index contributed by atoms with van der Waals surface area (Å²) in [6, 6.07) is 5.15. The lowest BCUT2D eigenvalue weighted by Crippen LogP contribution is -2.39. The van der Waals surface area contributed by atoms with E-state index >= 15 is 0 Å². The van der Waals surface area contributed by atoms with Crippen molar-refractivity contribution in [1.29, 1.82) is 0 Å². The summed E-state index contributed by atoms with van der Waals surface area (Å²) in [7, 11) is 0. The minimum Gasteiger partial charge on any atom is -0.508 e. The predicted molar refractivity (Wildman–Crippen MR) is 125 cm³/mol. The number of carbonyl (C=O) groups is 1. The summed E-state index contributed by atoms with van der Waals surface area (Å²) in [6.07, 6.45) is 11.7. The molecule has 0 radical (unpaired) electrons. The van der Waals surface area contributed by atoms with Gasteiger partial charge >= 0.3 is 0 Å². The molecule has 1 N–H and O–H groups in total. The van der Waals surface area contributed by atoms with Crippen molar-refractivity contribution in [3.8, 4) is 5.75 Å². The summed E-state index contributed by atoms with van der Waals surface area (Å²) >= 11 is 5.86. The zero-order valence-electron chi connectivity index (χ0n) is 18.6. The Morgan fingerprint density at radius 3 is 2.60 bits per heavy atom. The number of halogens is 2. The number of carbonyl (C=O) groups excluding carboxylic acids is 1. The molecule has 166 valence electrons. The van der Waals surface area contributed by atoms with Crippen LogP contribution >= 0.6 is 11.6 Å². The van der Waals surface area contributed by atoms with E-state index in [0.29, 0.717) is 18.0 Å². The van der Waals surface area contributed by atoms with Gasteiger partial charge in [0, 0.05) is 24.0 Å². The van der Waals surface area contributed by atoms with Gasteiger partial charge < -0.3 is 10.0 Å². The minimum absolute atomic E-state index is 0.0185. The Labute approximate surface area is 185 Å². The van der Waals surface area contributed by atoms with E-state index in [4.69, 9.17) is 11.6 Å². The van der Waals surface area contributed by atoms with Gasteiger partial charge in [0.2, 0.25) is 0 Å². The molecule has 0 spiro atoms. The van der Waals surface area contributed by atoms with Gasteiger partial charge in [-0.2, -0.15) is 0 Å². The van der Waals surface area contributed by atoms with Gasteiger partial charge in [-0.3, -0.25) is 4.79 Å². The van der Waals surface area contributed by atoms with Gasteiger partial charge in [-0.1, -0.05) is 37.5 Å². The van der Waals surface area contributed by atoms with Gasteiger partial charge in [-0.15, -0.1) is 11.6 Å². The molecule has 1 unspecified atom stereocenters. The second-order valence-corrected chi connectivity index (χ2v) is 7.92. The highest BCUT2D eigenvalue weighted by Crippen LogP contribution is 2.20. The maximum atomic E-state index is 12.6. The predicted octanol–water partition coefficient (Wildman–Crippen LogP) is 6.96. The molecule has 1 aromatic rings. The van der Waals surface area contributed by atoms with Gasteiger partial charge in [-0.25, -0.2) is 4.39 Å². The fourth-order valence-corrected chi connectivity index (χ4v) is 3.29. The SMILES string of the molecule is CC1=CC=C(F)C=CC1.CCCCCc1cc(O)cc(C(=O)N(CC)C(C)CCl)c1. The van der Waals surface area contributed by atoms with Crippen LogP contribution in [0.25, 0.3) is 0 Å². The standard InChI is InChI=1S/C17H26ClNO2.C8H9F/c1-4-6-7-8-14-9-15(11-16(20)10-14)17(21)19(5-2)13(3)12-18;1-7-3-2-4-8(9)6-5-7/h9-11,13,20H,4-8,12H2,1-3H3;2,4-6H,3H2,1H3. The number of amides is 1. The van der Waals surface area contributed by atoms with Gasteiger partial charge in [0.15, 0.2) is 0 Å². The van der Waals surface area contributed by atoms with Gasteiger partial charge in [-0.05, 0) is 75.9 Å². The van der Waals surface area contributed by atoms with Crippen molar-refractivity contribution in [3.63, 3.8) is 0 Å². The Bertz CT molecular complexity index is 770. The average molecular weight is 436 g/mol. The molecule has 0 aromatic heterocycles. The van der Waals surface area contributed by atoms with Crippen LogP contribution in [-0.2, 0) is 6.42 Å². The molecule has 1 aromatic carbocycles. The fraction of sp³-hybridized carbons (Fsp3) is 0.480. The van der Waals surface area contributed by atoms with E-state index in [0.717, 1.165) is 37.7 Å². The molecule has 0 fully saturated rings. The zero-order chi connectivity index (χ0) is 22.5. The number of rotatable bonds is 8.